The Bertz CT molecular complexity index is 667. The summed E-state index contributed by atoms with van der Waals surface area (Å²) in [5.41, 5.74) is 7.95. The van der Waals surface area contributed by atoms with Crippen molar-refractivity contribution >= 4 is 11.7 Å². The third kappa shape index (κ3) is 3.45. The number of aryl methyl sites for hydroxylation is 1. The zero-order chi connectivity index (χ0) is 15.4. The Morgan fingerprint density at radius 3 is 2.62 bits per heavy atom. The first-order chi connectivity index (χ1) is 10.0. The molecule has 0 saturated heterocycles. The number of carboxylic acids is 1. The number of carboxylic acid groups (broad SMARTS) is 1. The van der Waals surface area contributed by atoms with Gasteiger partial charge in [-0.2, -0.15) is 0 Å². The van der Waals surface area contributed by atoms with Crippen LogP contribution < -0.4 is 15.2 Å². The molecule has 0 aromatic heterocycles. The van der Waals surface area contributed by atoms with Crippen LogP contribution in [0.5, 0.6) is 11.5 Å². The monoisotopic (exact) mass is 287 g/mol. The minimum absolute atomic E-state index is 0.0653. The highest BCUT2D eigenvalue weighted by molar-refractivity contribution is 5.93. The number of benzene rings is 2. The van der Waals surface area contributed by atoms with E-state index in [4.69, 9.17) is 20.3 Å². The molecule has 21 heavy (non-hydrogen) atoms. The van der Waals surface area contributed by atoms with Crippen LogP contribution in [0.1, 0.15) is 21.5 Å². The molecule has 2 rings (SSSR count). The molecule has 0 bridgehead atoms. The topological polar surface area (TPSA) is 81.8 Å². The maximum absolute atomic E-state index is 10.9. The molecule has 2 aromatic carbocycles. The first kappa shape index (κ1) is 14.7. The van der Waals surface area contributed by atoms with Gasteiger partial charge >= 0.3 is 5.97 Å². The highest BCUT2D eigenvalue weighted by Gasteiger charge is 2.09. The summed E-state index contributed by atoms with van der Waals surface area (Å²) in [6.07, 6.45) is 0. The summed E-state index contributed by atoms with van der Waals surface area (Å²) in [5.74, 6) is 0.205. The number of ether oxygens (including phenoxy) is 2. The van der Waals surface area contributed by atoms with Gasteiger partial charge in [0.25, 0.3) is 0 Å². The van der Waals surface area contributed by atoms with Gasteiger partial charge in [0.15, 0.2) is 0 Å². The Morgan fingerprint density at radius 1 is 1.24 bits per heavy atom. The van der Waals surface area contributed by atoms with E-state index < -0.39 is 5.97 Å². The average molecular weight is 287 g/mol. The van der Waals surface area contributed by atoms with Gasteiger partial charge in [-0.1, -0.05) is 11.6 Å². The van der Waals surface area contributed by atoms with Crippen LogP contribution in [0.25, 0.3) is 0 Å². The van der Waals surface area contributed by atoms with Crippen molar-refractivity contribution in [1.29, 1.82) is 0 Å². The van der Waals surface area contributed by atoms with Gasteiger partial charge in [0.1, 0.15) is 18.1 Å². The summed E-state index contributed by atoms with van der Waals surface area (Å²) in [6, 6.07) is 10.3. The fraction of sp³-hybridized carbons (Fsp3) is 0.188. The van der Waals surface area contributed by atoms with Crippen LogP contribution in [0.15, 0.2) is 36.4 Å². The molecule has 2 aromatic rings. The van der Waals surface area contributed by atoms with E-state index in [-0.39, 0.29) is 11.3 Å². The van der Waals surface area contributed by atoms with E-state index in [1.807, 2.05) is 25.1 Å². The summed E-state index contributed by atoms with van der Waals surface area (Å²) in [7, 11) is 1.60. The van der Waals surface area contributed by atoms with Crippen molar-refractivity contribution < 1.29 is 19.4 Å². The Labute approximate surface area is 122 Å². The van der Waals surface area contributed by atoms with Gasteiger partial charge in [-0.05, 0) is 31.2 Å². The molecule has 0 radical (unpaired) electrons. The number of carbonyl (C=O) groups is 1. The Morgan fingerprint density at radius 2 is 2.00 bits per heavy atom. The quantitative estimate of drug-likeness (QED) is 0.826. The lowest BCUT2D eigenvalue weighted by Crippen LogP contribution is -2.04. The third-order valence-corrected chi connectivity index (χ3v) is 3.08. The fourth-order valence-electron chi connectivity index (χ4n) is 2.01. The van der Waals surface area contributed by atoms with Gasteiger partial charge in [-0.3, -0.25) is 0 Å². The number of aromatic carboxylic acids is 1. The van der Waals surface area contributed by atoms with Crippen molar-refractivity contribution in [2.45, 2.75) is 13.5 Å². The number of methoxy groups -OCH3 is 1. The fourth-order valence-corrected chi connectivity index (χ4v) is 2.01. The van der Waals surface area contributed by atoms with Gasteiger partial charge < -0.3 is 20.3 Å². The van der Waals surface area contributed by atoms with Crippen molar-refractivity contribution in [2.75, 3.05) is 12.8 Å². The summed E-state index contributed by atoms with van der Waals surface area (Å²) >= 11 is 0. The number of nitrogen functional groups attached to an aromatic ring is 1. The molecule has 0 fully saturated rings. The lowest BCUT2D eigenvalue weighted by Gasteiger charge is -2.12. The Hall–Kier alpha value is -2.69. The normalized spacial score (nSPS) is 10.2. The molecule has 0 saturated carbocycles. The molecule has 0 aliphatic heterocycles. The molecule has 0 spiro atoms. The summed E-state index contributed by atoms with van der Waals surface area (Å²) in [4.78, 5) is 10.9. The molecule has 0 aliphatic rings. The molecular formula is C16H17NO4. The molecule has 0 heterocycles. The van der Waals surface area contributed by atoms with Crippen LogP contribution in [-0.4, -0.2) is 18.2 Å². The molecule has 0 aliphatic carbocycles. The van der Waals surface area contributed by atoms with Gasteiger partial charge in [-0.25, -0.2) is 4.79 Å². The van der Waals surface area contributed by atoms with E-state index in [9.17, 15) is 4.79 Å². The van der Waals surface area contributed by atoms with E-state index in [0.717, 1.165) is 16.9 Å². The zero-order valence-corrected chi connectivity index (χ0v) is 11.9. The molecule has 0 amide bonds. The highest BCUT2D eigenvalue weighted by atomic mass is 16.5. The van der Waals surface area contributed by atoms with Crippen molar-refractivity contribution in [3.63, 3.8) is 0 Å². The largest absolute Gasteiger partial charge is 0.496 e. The van der Waals surface area contributed by atoms with Crippen LogP contribution in [0.4, 0.5) is 5.69 Å². The lowest BCUT2D eigenvalue weighted by molar-refractivity contribution is 0.0698. The van der Waals surface area contributed by atoms with E-state index >= 15 is 0 Å². The second kappa shape index (κ2) is 6.17. The average Bonchev–Trinajstić information content (AvgIpc) is 2.45. The summed E-state index contributed by atoms with van der Waals surface area (Å²) < 4.78 is 10.9. The van der Waals surface area contributed by atoms with Crippen LogP contribution in [0, 0.1) is 6.92 Å². The number of rotatable bonds is 5. The standard InChI is InChI=1S/C16H17NO4/c1-10-3-6-15(20-2)11(7-10)9-21-12-4-5-13(16(18)19)14(17)8-12/h3-8H,9,17H2,1-2H3,(H,18,19). The first-order valence-corrected chi connectivity index (χ1v) is 6.40. The predicted molar refractivity (Wildman–Crippen MR) is 79.9 cm³/mol. The van der Waals surface area contributed by atoms with Gasteiger partial charge in [0.2, 0.25) is 0 Å². The molecule has 5 nitrogen and oxygen atoms in total. The Balaban J connectivity index is 2.15. The van der Waals surface area contributed by atoms with Crippen molar-refractivity contribution in [1.82, 2.24) is 0 Å². The van der Waals surface area contributed by atoms with Crippen molar-refractivity contribution in [3.8, 4) is 11.5 Å². The van der Waals surface area contributed by atoms with Crippen LogP contribution in [-0.2, 0) is 6.61 Å². The Kier molecular flexibility index (Phi) is 4.33. The second-order valence-electron chi connectivity index (χ2n) is 4.66. The van der Waals surface area contributed by atoms with Gasteiger partial charge in [-0.15, -0.1) is 0 Å². The predicted octanol–water partition coefficient (Wildman–Crippen LogP) is 2.86. The molecule has 110 valence electrons. The third-order valence-electron chi connectivity index (χ3n) is 3.08. The number of nitrogens with two attached hydrogens (primary N) is 1. The van der Waals surface area contributed by atoms with E-state index in [2.05, 4.69) is 0 Å². The zero-order valence-electron chi connectivity index (χ0n) is 11.9. The smallest absolute Gasteiger partial charge is 0.337 e. The minimum atomic E-state index is -1.06. The number of hydrogen-bond acceptors (Lipinski definition) is 4. The second-order valence-corrected chi connectivity index (χ2v) is 4.66. The number of anilines is 1. The summed E-state index contributed by atoms with van der Waals surface area (Å²) in [6.45, 7) is 2.30. The molecule has 0 unspecified atom stereocenters. The van der Waals surface area contributed by atoms with Crippen LogP contribution in [0.2, 0.25) is 0 Å². The first-order valence-electron chi connectivity index (χ1n) is 6.40. The number of hydrogen-bond donors (Lipinski definition) is 2. The van der Waals surface area contributed by atoms with Crippen molar-refractivity contribution in [3.05, 3.63) is 53.1 Å². The maximum atomic E-state index is 10.9. The van der Waals surface area contributed by atoms with Gasteiger partial charge in [0.05, 0.1) is 12.7 Å². The van der Waals surface area contributed by atoms with Crippen LogP contribution >= 0.6 is 0 Å². The highest BCUT2D eigenvalue weighted by Crippen LogP contribution is 2.24. The summed E-state index contributed by atoms with van der Waals surface area (Å²) in [5, 5.41) is 8.93. The molecular weight excluding hydrogens is 270 g/mol. The van der Waals surface area contributed by atoms with Gasteiger partial charge in [0, 0.05) is 17.3 Å². The molecule has 5 heteroatoms. The molecule has 0 atom stereocenters. The maximum Gasteiger partial charge on any atom is 0.337 e. The van der Waals surface area contributed by atoms with E-state index in [0.29, 0.717) is 12.4 Å². The van der Waals surface area contributed by atoms with E-state index in [1.54, 1.807) is 13.2 Å². The van der Waals surface area contributed by atoms with Crippen LogP contribution in [0.3, 0.4) is 0 Å². The SMILES string of the molecule is COc1ccc(C)cc1COc1ccc(C(=O)O)c(N)c1. The molecule has 3 N–H and O–H groups in total. The van der Waals surface area contributed by atoms with Crippen molar-refractivity contribution in [2.24, 2.45) is 0 Å². The minimum Gasteiger partial charge on any atom is -0.496 e. The van der Waals surface area contributed by atoms with E-state index in [1.165, 1.54) is 12.1 Å². The lowest BCUT2D eigenvalue weighted by atomic mass is 10.1.